The predicted octanol–water partition coefficient (Wildman–Crippen LogP) is 3.32. The summed E-state index contributed by atoms with van der Waals surface area (Å²) >= 11 is 1.66. The first kappa shape index (κ1) is 13.8. The predicted molar refractivity (Wildman–Crippen MR) is 76.3 cm³/mol. The molecule has 2 rings (SSSR count). The number of rotatable bonds is 3. The van der Waals surface area contributed by atoms with Gasteiger partial charge in [0, 0.05) is 34.5 Å². The van der Waals surface area contributed by atoms with Gasteiger partial charge >= 0.3 is 0 Å². The molecule has 1 aliphatic rings. The zero-order valence-corrected chi connectivity index (χ0v) is 11.6. The van der Waals surface area contributed by atoms with Crippen molar-refractivity contribution in [1.82, 2.24) is 4.90 Å². The molecule has 0 radical (unpaired) electrons. The number of amides is 1. The van der Waals surface area contributed by atoms with Crippen molar-refractivity contribution in [3.63, 3.8) is 0 Å². The number of piperidine rings is 1. The molecule has 0 N–H and O–H groups in total. The molecule has 0 spiro atoms. The average Bonchev–Trinajstić information content (AvgIpc) is 2.48. The van der Waals surface area contributed by atoms with Gasteiger partial charge < -0.3 is 4.90 Å². The van der Waals surface area contributed by atoms with Gasteiger partial charge in [-0.15, -0.1) is 11.8 Å². The number of carbonyl (C=O) groups is 1. The van der Waals surface area contributed by atoms with Crippen LogP contribution in [-0.4, -0.2) is 36.2 Å². The molecule has 0 saturated carbocycles. The lowest BCUT2D eigenvalue weighted by Gasteiger charge is -2.30. The first-order valence-electron chi connectivity index (χ1n) is 6.22. The summed E-state index contributed by atoms with van der Waals surface area (Å²) in [6.07, 6.45) is 3.51. The van der Waals surface area contributed by atoms with Crippen LogP contribution in [0.2, 0.25) is 0 Å². The van der Waals surface area contributed by atoms with E-state index in [4.69, 9.17) is 5.53 Å². The SMILES string of the molecule is CSc1ccc(C(=O)N2CCC(N=[N+]=[N-])CC2)cc1. The Morgan fingerprint density at radius 1 is 1.37 bits per heavy atom. The van der Waals surface area contributed by atoms with E-state index in [2.05, 4.69) is 10.0 Å². The van der Waals surface area contributed by atoms with Gasteiger partial charge in [-0.2, -0.15) is 0 Å². The molecular weight excluding hydrogens is 260 g/mol. The zero-order chi connectivity index (χ0) is 13.7. The van der Waals surface area contributed by atoms with Gasteiger partial charge in [-0.05, 0) is 48.9 Å². The van der Waals surface area contributed by atoms with E-state index in [0.717, 1.165) is 23.3 Å². The van der Waals surface area contributed by atoms with Gasteiger partial charge in [0.1, 0.15) is 0 Å². The van der Waals surface area contributed by atoms with Crippen LogP contribution in [0.3, 0.4) is 0 Å². The second-order valence-corrected chi connectivity index (χ2v) is 5.34. The van der Waals surface area contributed by atoms with Crippen molar-refractivity contribution < 1.29 is 4.79 Å². The fourth-order valence-corrected chi connectivity index (χ4v) is 2.58. The van der Waals surface area contributed by atoms with Crippen molar-refractivity contribution in [3.8, 4) is 0 Å². The smallest absolute Gasteiger partial charge is 0.253 e. The van der Waals surface area contributed by atoms with Gasteiger partial charge in [-0.1, -0.05) is 5.11 Å². The maximum Gasteiger partial charge on any atom is 0.253 e. The van der Waals surface area contributed by atoms with Gasteiger partial charge in [-0.3, -0.25) is 4.79 Å². The highest BCUT2D eigenvalue weighted by Gasteiger charge is 2.22. The van der Waals surface area contributed by atoms with E-state index >= 15 is 0 Å². The number of benzene rings is 1. The molecule has 0 atom stereocenters. The highest BCUT2D eigenvalue weighted by Crippen LogP contribution is 2.19. The van der Waals surface area contributed by atoms with E-state index in [1.54, 1.807) is 11.8 Å². The van der Waals surface area contributed by atoms with Crippen LogP contribution in [0.5, 0.6) is 0 Å². The fourth-order valence-electron chi connectivity index (χ4n) is 2.17. The topological polar surface area (TPSA) is 69.1 Å². The molecule has 1 aromatic rings. The normalized spacial score (nSPS) is 15.9. The third kappa shape index (κ3) is 3.43. The molecule has 1 heterocycles. The van der Waals surface area contributed by atoms with Crippen molar-refractivity contribution in [3.05, 3.63) is 40.3 Å². The largest absolute Gasteiger partial charge is 0.339 e. The van der Waals surface area contributed by atoms with Crippen molar-refractivity contribution in [1.29, 1.82) is 0 Å². The summed E-state index contributed by atoms with van der Waals surface area (Å²) in [4.78, 5) is 18.1. The summed E-state index contributed by atoms with van der Waals surface area (Å²) in [7, 11) is 0. The molecule has 1 amide bonds. The maximum atomic E-state index is 12.3. The van der Waals surface area contributed by atoms with Crippen LogP contribution in [0.15, 0.2) is 34.3 Å². The number of azide groups is 1. The lowest BCUT2D eigenvalue weighted by atomic mass is 10.0. The second-order valence-electron chi connectivity index (χ2n) is 4.46. The number of hydrogen-bond donors (Lipinski definition) is 0. The van der Waals surface area contributed by atoms with E-state index in [1.807, 2.05) is 35.4 Å². The minimum absolute atomic E-state index is 0.0351. The van der Waals surface area contributed by atoms with E-state index in [0.29, 0.717) is 13.1 Å². The Morgan fingerprint density at radius 3 is 2.53 bits per heavy atom. The minimum atomic E-state index is 0.0351. The number of nitrogens with zero attached hydrogens (tertiary/aromatic N) is 4. The molecule has 1 saturated heterocycles. The molecule has 0 aliphatic carbocycles. The van der Waals surface area contributed by atoms with E-state index in [1.165, 1.54) is 0 Å². The summed E-state index contributed by atoms with van der Waals surface area (Å²) in [6.45, 7) is 1.32. The number of hydrogen-bond acceptors (Lipinski definition) is 3. The summed E-state index contributed by atoms with van der Waals surface area (Å²) in [5.41, 5.74) is 9.12. The molecule has 1 aliphatic heterocycles. The summed E-state index contributed by atoms with van der Waals surface area (Å²) in [6, 6.07) is 7.70. The summed E-state index contributed by atoms with van der Waals surface area (Å²) in [5, 5.41) is 3.71. The zero-order valence-electron chi connectivity index (χ0n) is 10.8. The minimum Gasteiger partial charge on any atom is -0.339 e. The average molecular weight is 276 g/mol. The summed E-state index contributed by atoms with van der Waals surface area (Å²) < 4.78 is 0. The number of thioether (sulfide) groups is 1. The molecule has 0 unspecified atom stereocenters. The second kappa shape index (κ2) is 6.50. The number of carbonyl (C=O) groups excluding carboxylic acids is 1. The Hall–Kier alpha value is -1.65. The molecular formula is C13H16N4OS. The van der Waals surface area contributed by atoms with Crippen LogP contribution >= 0.6 is 11.8 Å². The molecule has 0 bridgehead atoms. The van der Waals surface area contributed by atoms with Crippen molar-refractivity contribution >= 4 is 17.7 Å². The molecule has 6 heteroatoms. The fraction of sp³-hybridized carbons (Fsp3) is 0.462. The van der Waals surface area contributed by atoms with Crippen LogP contribution in [0.25, 0.3) is 10.4 Å². The summed E-state index contributed by atoms with van der Waals surface area (Å²) in [5.74, 6) is 0.0621. The van der Waals surface area contributed by atoms with Crippen LogP contribution < -0.4 is 0 Å². The van der Waals surface area contributed by atoms with Gasteiger partial charge in [0.2, 0.25) is 0 Å². The highest BCUT2D eigenvalue weighted by molar-refractivity contribution is 7.98. The van der Waals surface area contributed by atoms with Gasteiger partial charge in [0.15, 0.2) is 0 Å². The highest BCUT2D eigenvalue weighted by atomic mass is 32.2. The third-order valence-electron chi connectivity index (χ3n) is 3.30. The first-order valence-corrected chi connectivity index (χ1v) is 7.44. The molecule has 1 aromatic carbocycles. The van der Waals surface area contributed by atoms with Crippen LogP contribution in [-0.2, 0) is 0 Å². The third-order valence-corrected chi connectivity index (χ3v) is 4.05. The van der Waals surface area contributed by atoms with Crippen molar-refractivity contribution in [2.75, 3.05) is 19.3 Å². The standard InChI is InChI=1S/C13H16N4OS/c1-19-12-4-2-10(3-5-12)13(18)17-8-6-11(7-9-17)15-16-14/h2-5,11H,6-9H2,1H3. The quantitative estimate of drug-likeness (QED) is 0.368. The molecule has 5 nitrogen and oxygen atoms in total. The van der Waals surface area contributed by atoms with E-state index in [-0.39, 0.29) is 11.9 Å². The monoisotopic (exact) mass is 276 g/mol. The molecule has 19 heavy (non-hydrogen) atoms. The van der Waals surface area contributed by atoms with Gasteiger partial charge in [0.05, 0.1) is 0 Å². The Kier molecular flexibility index (Phi) is 4.71. The Morgan fingerprint density at radius 2 is 2.00 bits per heavy atom. The van der Waals surface area contributed by atoms with Crippen LogP contribution in [0, 0.1) is 0 Å². The molecule has 1 fully saturated rings. The van der Waals surface area contributed by atoms with Crippen molar-refractivity contribution in [2.45, 2.75) is 23.8 Å². The van der Waals surface area contributed by atoms with E-state index < -0.39 is 0 Å². The maximum absolute atomic E-state index is 12.3. The lowest BCUT2D eigenvalue weighted by Crippen LogP contribution is -2.39. The lowest BCUT2D eigenvalue weighted by molar-refractivity contribution is 0.0714. The first-order chi connectivity index (χ1) is 9.24. The Balaban J connectivity index is 1.98. The Labute approximate surface area is 116 Å². The van der Waals surface area contributed by atoms with Gasteiger partial charge in [0.25, 0.3) is 5.91 Å². The van der Waals surface area contributed by atoms with Crippen LogP contribution in [0.1, 0.15) is 23.2 Å². The number of likely N-dealkylation sites (tertiary alicyclic amines) is 1. The van der Waals surface area contributed by atoms with Gasteiger partial charge in [-0.25, -0.2) is 0 Å². The van der Waals surface area contributed by atoms with Crippen molar-refractivity contribution in [2.24, 2.45) is 5.11 Å². The van der Waals surface area contributed by atoms with Crippen LogP contribution in [0.4, 0.5) is 0 Å². The van der Waals surface area contributed by atoms with E-state index in [9.17, 15) is 4.79 Å². The molecule has 0 aromatic heterocycles. The molecule has 100 valence electrons. The Bertz CT molecular complexity index is 488.